The second kappa shape index (κ2) is 12.0. The number of hydrogen-bond acceptors (Lipinski definition) is 6. The van der Waals surface area contributed by atoms with Gasteiger partial charge in [0.1, 0.15) is 17.4 Å². The van der Waals surface area contributed by atoms with Gasteiger partial charge in [-0.2, -0.15) is 0 Å². The molecule has 0 radical (unpaired) electrons. The van der Waals surface area contributed by atoms with Crippen LogP contribution < -0.4 is 9.64 Å². The maximum Gasteiger partial charge on any atom is 0.249 e. The third-order valence-electron chi connectivity index (χ3n) is 9.07. The van der Waals surface area contributed by atoms with Crippen molar-refractivity contribution >= 4 is 23.4 Å². The number of ether oxygens (including phenoxy) is 2. The number of anilines is 1. The summed E-state index contributed by atoms with van der Waals surface area (Å²) >= 11 is 0. The van der Waals surface area contributed by atoms with Gasteiger partial charge < -0.3 is 29.3 Å². The minimum Gasteiger partial charge on any atom is -0.494 e. The van der Waals surface area contributed by atoms with Gasteiger partial charge in [0.15, 0.2) is 0 Å². The smallest absolute Gasteiger partial charge is 0.249 e. The molecule has 2 saturated heterocycles. The summed E-state index contributed by atoms with van der Waals surface area (Å²) in [4.78, 5) is 48.4. The van der Waals surface area contributed by atoms with Crippen LogP contribution in [0.1, 0.15) is 52.9 Å². The average Bonchev–Trinajstić information content (AvgIpc) is 3.26. The summed E-state index contributed by atoms with van der Waals surface area (Å²) in [7, 11) is 0. The van der Waals surface area contributed by atoms with Gasteiger partial charge in [0.2, 0.25) is 17.7 Å². The van der Waals surface area contributed by atoms with Gasteiger partial charge in [-0.15, -0.1) is 0 Å². The Morgan fingerprint density at radius 1 is 0.902 bits per heavy atom. The number of nitrogens with zero attached hydrogens (tertiary/aromatic N) is 3. The third kappa shape index (κ3) is 4.87. The van der Waals surface area contributed by atoms with Crippen LogP contribution >= 0.6 is 0 Å². The Kier molecular flexibility index (Phi) is 8.57. The molecule has 0 aromatic heterocycles. The van der Waals surface area contributed by atoms with Crippen molar-refractivity contribution in [1.29, 1.82) is 0 Å². The number of likely N-dealkylation sites (tertiary alicyclic amines) is 1. The molecule has 4 aliphatic heterocycles. The molecule has 222 valence electrons. The van der Waals surface area contributed by atoms with Crippen LogP contribution in [0.4, 0.5) is 5.69 Å². The van der Waals surface area contributed by atoms with Crippen LogP contribution in [-0.2, 0) is 19.1 Å². The average molecular weight is 566 g/mol. The summed E-state index contributed by atoms with van der Waals surface area (Å²) in [6.45, 7) is 8.26. The molecule has 4 aliphatic rings. The van der Waals surface area contributed by atoms with Crippen molar-refractivity contribution < 1.29 is 29.0 Å². The Morgan fingerprint density at radius 3 is 2.34 bits per heavy atom. The lowest BCUT2D eigenvalue weighted by molar-refractivity contribution is -0.152. The van der Waals surface area contributed by atoms with Gasteiger partial charge in [-0.1, -0.05) is 44.6 Å². The van der Waals surface area contributed by atoms with Crippen molar-refractivity contribution in [2.45, 2.75) is 70.1 Å². The largest absolute Gasteiger partial charge is 0.494 e. The van der Waals surface area contributed by atoms with E-state index < -0.39 is 29.1 Å². The summed E-state index contributed by atoms with van der Waals surface area (Å²) in [6.07, 6.45) is 11.1. The number of carbonyl (C=O) groups excluding carboxylic acids is 3. The molecule has 5 atom stereocenters. The van der Waals surface area contributed by atoms with E-state index in [1.54, 1.807) is 9.80 Å². The predicted molar refractivity (Wildman–Crippen MR) is 155 cm³/mol. The Labute approximate surface area is 242 Å². The van der Waals surface area contributed by atoms with E-state index in [-0.39, 0.29) is 24.3 Å². The summed E-state index contributed by atoms with van der Waals surface area (Å²) in [5.41, 5.74) is -1.55. The number of amides is 3. The van der Waals surface area contributed by atoms with Crippen LogP contribution in [0.15, 0.2) is 48.6 Å². The molecule has 1 aromatic rings. The molecular formula is C32H43N3O6. The van der Waals surface area contributed by atoms with Crippen molar-refractivity contribution in [3.8, 4) is 5.75 Å². The van der Waals surface area contributed by atoms with Gasteiger partial charge in [0.25, 0.3) is 0 Å². The van der Waals surface area contributed by atoms with Crippen LogP contribution in [0.2, 0.25) is 0 Å². The molecule has 0 bridgehead atoms. The minimum atomic E-state index is -1.25. The van der Waals surface area contributed by atoms with Gasteiger partial charge in [0, 0.05) is 38.5 Å². The molecule has 1 aromatic carbocycles. The van der Waals surface area contributed by atoms with Gasteiger partial charge in [-0.3, -0.25) is 14.4 Å². The molecule has 4 heterocycles. The maximum atomic E-state index is 14.6. The van der Waals surface area contributed by atoms with Crippen LogP contribution in [-0.4, -0.2) is 89.3 Å². The van der Waals surface area contributed by atoms with Crippen molar-refractivity contribution in [3.63, 3.8) is 0 Å². The molecule has 1 N–H and O–H groups in total. The topological polar surface area (TPSA) is 99.6 Å². The summed E-state index contributed by atoms with van der Waals surface area (Å²) < 4.78 is 12.6. The molecule has 2 fully saturated rings. The molecule has 41 heavy (non-hydrogen) atoms. The van der Waals surface area contributed by atoms with Crippen molar-refractivity contribution in [2.75, 3.05) is 44.3 Å². The highest BCUT2D eigenvalue weighted by molar-refractivity contribution is 6.04. The second-order valence-corrected chi connectivity index (χ2v) is 11.4. The molecule has 9 nitrogen and oxygen atoms in total. The quantitative estimate of drug-likeness (QED) is 0.327. The highest BCUT2D eigenvalue weighted by Gasteiger charge is 2.75. The van der Waals surface area contributed by atoms with Crippen molar-refractivity contribution in [1.82, 2.24) is 9.80 Å². The molecule has 9 heteroatoms. The summed E-state index contributed by atoms with van der Waals surface area (Å²) in [6, 6.07) is 6.56. The first-order chi connectivity index (χ1) is 19.9. The number of fused-ring (bicyclic) bond motifs is 2. The highest BCUT2D eigenvalue weighted by Crippen LogP contribution is 2.58. The van der Waals surface area contributed by atoms with E-state index in [9.17, 15) is 19.5 Å². The normalized spacial score (nSPS) is 30.8. The standard InChI is InChI=1S/C32H43N3O6/c1-4-7-18-33-19-11-17-32-26(29(38)35(20-8-9-22-36)27(32)30(33)39)25-28(37)34(21-10-16-31(25,5-2)41-32)23-12-14-24(15-13-23)40-6-3/h10-17,25-27,36H,4-9,18-22H2,1-3H3/t25-,26+,27?,31+,32+/m1/s1. The Balaban J connectivity index is 1.58. The molecular weight excluding hydrogens is 522 g/mol. The van der Waals surface area contributed by atoms with E-state index in [1.807, 2.05) is 67.3 Å². The fourth-order valence-electron chi connectivity index (χ4n) is 7.11. The van der Waals surface area contributed by atoms with E-state index in [2.05, 4.69) is 6.92 Å². The van der Waals surface area contributed by atoms with E-state index in [1.165, 1.54) is 0 Å². The molecule has 0 aliphatic carbocycles. The molecule has 3 amide bonds. The lowest BCUT2D eigenvalue weighted by Gasteiger charge is -2.38. The zero-order valence-corrected chi connectivity index (χ0v) is 24.5. The van der Waals surface area contributed by atoms with Crippen molar-refractivity contribution in [2.24, 2.45) is 11.8 Å². The first kappa shape index (κ1) is 29.3. The zero-order valence-electron chi connectivity index (χ0n) is 24.5. The fraction of sp³-hybridized carbons (Fsp3) is 0.594. The van der Waals surface area contributed by atoms with Crippen LogP contribution in [0.25, 0.3) is 0 Å². The van der Waals surface area contributed by atoms with E-state index in [0.29, 0.717) is 52.0 Å². The second-order valence-electron chi connectivity index (χ2n) is 11.4. The number of carbonyl (C=O) groups is 3. The van der Waals surface area contributed by atoms with Crippen LogP contribution in [0.5, 0.6) is 5.75 Å². The number of unbranched alkanes of at least 4 members (excludes halogenated alkanes) is 2. The SMILES string of the molecule is CCCCN1CC=C[C@]23O[C@@]4(CC)C=CCN(c5ccc(OCC)cc5)C(=O)[C@H]4[C@H]2C(=O)N(CCCCO)C3C1=O. The first-order valence-corrected chi connectivity index (χ1v) is 15.2. The van der Waals surface area contributed by atoms with Crippen LogP contribution in [0, 0.1) is 11.8 Å². The Hall–Kier alpha value is -3.17. The lowest BCUT2D eigenvalue weighted by atomic mass is 9.73. The summed E-state index contributed by atoms with van der Waals surface area (Å²) in [5.74, 6) is -1.45. The van der Waals surface area contributed by atoms with Gasteiger partial charge in [-0.05, 0) is 56.9 Å². The summed E-state index contributed by atoms with van der Waals surface area (Å²) in [5, 5.41) is 9.43. The highest BCUT2D eigenvalue weighted by atomic mass is 16.5. The number of hydrogen-bond donors (Lipinski definition) is 1. The molecule has 1 spiro atoms. The molecule has 5 rings (SSSR count). The number of aliphatic hydroxyl groups is 1. The molecule has 1 unspecified atom stereocenters. The van der Waals surface area contributed by atoms with Gasteiger partial charge >= 0.3 is 0 Å². The number of aliphatic hydroxyl groups excluding tert-OH is 1. The lowest BCUT2D eigenvalue weighted by Crippen LogP contribution is -2.56. The van der Waals surface area contributed by atoms with Gasteiger partial charge in [-0.25, -0.2) is 0 Å². The first-order valence-electron chi connectivity index (χ1n) is 15.2. The van der Waals surface area contributed by atoms with Gasteiger partial charge in [0.05, 0.1) is 24.0 Å². The fourth-order valence-corrected chi connectivity index (χ4v) is 7.11. The minimum absolute atomic E-state index is 0.0101. The van der Waals surface area contributed by atoms with Crippen molar-refractivity contribution in [3.05, 3.63) is 48.6 Å². The number of benzene rings is 1. The zero-order chi connectivity index (χ0) is 29.2. The Bertz CT molecular complexity index is 1200. The maximum absolute atomic E-state index is 14.6. The predicted octanol–water partition coefficient (Wildman–Crippen LogP) is 3.32. The molecule has 0 saturated carbocycles. The monoisotopic (exact) mass is 565 g/mol. The van der Waals surface area contributed by atoms with E-state index >= 15 is 0 Å². The van der Waals surface area contributed by atoms with Crippen LogP contribution in [0.3, 0.4) is 0 Å². The van der Waals surface area contributed by atoms with E-state index in [0.717, 1.165) is 24.3 Å². The van der Waals surface area contributed by atoms with E-state index in [4.69, 9.17) is 9.47 Å². The Morgan fingerprint density at radius 2 is 1.66 bits per heavy atom. The number of rotatable bonds is 11. The third-order valence-corrected chi connectivity index (χ3v) is 9.07.